The lowest BCUT2D eigenvalue weighted by molar-refractivity contribution is 0.0842. The molecular weight excluding hydrogens is 625 g/mol. The molecular formula is C26H24N4O8S4. The molecule has 220 valence electrons. The number of nitrogens with zero attached hydrogens (tertiary/aromatic N) is 4. The molecule has 2 aromatic heterocycles. The van der Waals surface area contributed by atoms with Crippen LogP contribution < -0.4 is 0 Å². The van der Waals surface area contributed by atoms with Crippen LogP contribution >= 0.6 is 0 Å². The Balaban J connectivity index is 1.45. The Kier molecular flexibility index (Phi) is 6.11. The minimum atomic E-state index is -4.56. The van der Waals surface area contributed by atoms with Crippen LogP contribution in [-0.4, -0.2) is 99.4 Å². The molecule has 0 radical (unpaired) electrons. The average molecular weight is 649 g/mol. The third-order valence-electron chi connectivity index (χ3n) is 8.20. The Morgan fingerprint density at radius 3 is 1.24 bits per heavy atom. The van der Waals surface area contributed by atoms with Crippen LogP contribution in [-0.2, 0) is 39.7 Å². The fraction of sp³-hybridized carbons (Fsp3) is 0.308. The van der Waals surface area contributed by atoms with Crippen LogP contribution in [0.2, 0.25) is 0 Å². The number of pyridine rings is 2. The number of para-hydroxylation sites is 2. The van der Waals surface area contributed by atoms with Crippen LogP contribution in [0.25, 0.3) is 21.8 Å². The third-order valence-corrected chi connectivity index (χ3v) is 15.6. The molecule has 7 rings (SSSR count). The molecule has 0 aliphatic carbocycles. The predicted molar refractivity (Wildman–Crippen MR) is 154 cm³/mol. The van der Waals surface area contributed by atoms with Crippen LogP contribution in [0.5, 0.6) is 0 Å². The first-order valence-corrected chi connectivity index (χ1v) is 19.5. The second-order valence-electron chi connectivity index (χ2n) is 10.8. The third kappa shape index (κ3) is 4.18. The first-order chi connectivity index (χ1) is 19.8. The van der Waals surface area contributed by atoms with E-state index in [0.717, 1.165) is 8.61 Å². The van der Waals surface area contributed by atoms with Gasteiger partial charge in [-0.3, -0.25) is 9.97 Å². The van der Waals surface area contributed by atoms with E-state index in [1.807, 2.05) is 0 Å². The van der Waals surface area contributed by atoms with Gasteiger partial charge in [0.2, 0.25) is 20.0 Å². The van der Waals surface area contributed by atoms with Gasteiger partial charge in [-0.25, -0.2) is 33.7 Å². The molecule has 3 aliphatic heterocycles. The van der Waals surface area contributed by atoms with Crippen molar-refractivity contribution < 1.29 is 33.7 Å². The molecule has 42 heavy (non-hydrogen) atoms. The van der Waals surface area contributed by atoms with Gasteiger partial charge in [-0.15, -0.1) is 0 Å². The normalized spacial score (nSPS) is 27.6. The van der Waals surface area contributed by atoms with Gasteiger partial charge in [0.05, 0.1) is 58.2 Å². The minimum Gasteiger partial charge on any atom is -0.255 e. The Morgan fingerprint density at radius 2 is 0.881 bits per heavy atom. The van der Waals surface area contributed by atoms with Crippen molar-refractivity contribution in [1.29, 1.82) is 0 Å². The summed E-state index contributed by atoms with van der Waals surface area (Å²) >= 11 is 0. The standard InChI is InChI=1S/C26H24N4O8S4/c31-39(32)13-19-21(15-39)30(42(37,38)24-10-2-6-18-8-4-12-28-26(18)24)22-16-40(33,34)14-20(22)29(19)41(35,36)23-9-1-5-17-7-3-11-27-25(17)23/h1-12,19-22H,13-16H2/t19-,20-,21+,22+. The van der Waals surface area contributed by atoms with E-state index in [2.05, 4.69) is 9.97 Å². The number of rotatable bonds is 4. The maximum Gasteiger partial charge on any atom is 0.245 e. The van der Waals surface area contributed by atoms with Crippen LogP contribution in [0.15, 0.2) is 82.8 Å². The van der Waals surface area contributed by atoms with Gasteiger partial charge in [-0.1, -0.05) is 36.4 Å². The van der Waals surface area contributed by atoms with Crippen LogP contribution in [0.1, 0.15) is 0 Å². The fourth-order valence-corrected chi connectivity index (χ4v) is 14.9. The van der Waals surface area contributed by atoms with E-state index >= 15 is 0 Å². The molecule has 0 saturated carbocycles. The highest BCUT2D eigenvalue weighted by Gasteiger charge is 2.64. The Bertz CT molecular complexity index is 2020. The highest BCUT2D eigenvalue weighted by atomic mass is 32.2. The maximum atomic E-state index is 14.4. The summed E-state index contributed by atoms with van der Waals surface area (Å²) in [5.74, 6) is -2.62. The smallest absolute Gasteiger partial charge is 0.245 e. The molecule has 4 atom stereocenters. The molecule has 3 saturated heterocycles. The summed E-state index contributed by atoms with van der Waals surface area (Å²) in [6.45, 7) is 0. The van der Waals surface area contributed by atoms with Crippen LogP contribution in [0.4, 0.5) is 0 Å². The maximum absolute atomic E-state index is 14.4. The van der Waals surface area contributed by atoms with Gasteiger partial charge >= 0.3 is 0 Å². The van der Waals surface area contributed by atoms with E-state index < -0.39 is 86.9 Å². The lowest BCUT2D eigenvalue weighted by Crippen LogP contribution is -2.69. The number of aromatic nitrogens is 2. The number of fused-ring (bicyclic) bond motifs is 4. The average Bonchev–Trinajstić information content (AvgIpc) is 3.42. The number of sulfonamides is 2. The number of hydrogen-bond acceptors (Lipinski definition) is 10. The number of hydrogen-bond donors (Lipinski definition) is 0. The predicted octanol–water partition coefficient (Wildman–Crippen LogP) is 0.809. The van der Waals surface area contributed by atoms with Crippen molar-refractivity contribution in [2.45, 2.75) is 34.0 Å². The minimum absolute atomic E-state index is 0.145. The van der Waals surface area contributed by atoms with Crippen LogP contribution in [0, 0.1) is 0 Å². The van der Waals surface area contributed by atoms with E-state index in [9.17, 15) is 33.7 Å². The molecule has 0 spiro atoms. The molecule has 0 N–H and O–H groups in total. The summed E-state index contributed by atoms with van der Waals surface area (Å²) in [6.07, 6.45) is 2.85. The summed E-state index contributed by atoms with van der Waals surface area (Å²) in [6, 6.07) is 10.3. The molecule has 3 fully saturated rings. The van der Waals surface area contributed by atoms with Crippen molar-refractivity contribution in [1.82, 2.24) is 18.6 Å². The highest BCUT2D eigenvalue weighted by Crippen LogP contribution is 2.44. The van der Waals surface area contributed by atoms with Gasteiger partial charge in [0, 0.05) is 23.2 Å². The molecule has 2 aromatic carbocycles. The summed E-state index contributed by atoms with van der Waals surface area (Å²) in [5, 5.41) is 1.05. The molecule has 0 unspecified atom stereocenters. The SMILES string of the molecule is O=S1(=O)C[C@@H]2[C@H](C1)N(S(=O)(=O)c1cccc3cccnc13)[C@H]1CS(=O)(=O)C[C@H]1N2S(=O)(=O)c1cccc2cccnc12. The largest absolute Gasteiger partial charge is 0.255 e. The molecule has 0 bridgehead atoms. The summed E-state index contributed by atoms with van der Waals surface area (Å²) in [5.41, 5.74) is 0.290. The molecule has 16 heteroatoms. The summed E-state index contributed by atoms with van der Waals surface area (Å²) < 4.78 is 112. The van der Waals surface area contributed by atoms with Gasteiger partial charge in [0.25, 0.3) is 0 Å². The van der Waals surface area contributed by atoms with Gasteiger partial charge < -0.3 is 0 Å². The Morgan fingerprint density at radius 1 is 0.548 bits per heavy atom. The first kappa shape index (κ1) is 27.8. The number of benzene rings is 2. The molecule has 4 aromatic rings. The summed E-state index contributed by atoms with van der Waals surface area (Å²) in [7, 11) is -16.9. The van der Waals surface area contributed by atoms with E-state index in [1.165, 1.54) is 36.7 Å². The zero-order chi connectivity index (χ0) is 29.7. The second-order valence-corrected chi connectivity index (χ2v) is 18.7. The lowest BCUT2D eigenvalue weighted by atomic mass is 10.0. The first-order valence-electron chi connectivity index (χ1n) is 13.0. The highest BCUT2D eigenvalue weighted by molar-refractivity contribution is 7.93. The lowest BCUT2D eigenvalue weighted by Gasteiger charge is -2.49. The quantitative estimate of drug-likeness (QED) is 0.309. The molecule has 5 heterocycles. The number of sulfone groups is 2. The summed E-state index contributed by atoms with van der Waals surface area (Å²) in [4.78, 5) is 8.06. The van der Waals surface area contributed by atoms with Crippen molar-refractivity contribution in [3.63, 3.8) is 0 Å². The second kappa shape index (κ2) is 9.24. The van der Waals surface area contributed by atoms with Crippen LogP contribution in [0.3, 0.4) is 0 Å². The van der Waals surface area contributed by atoms with E-state index in [1.54, 1.807) is 36.4 Å². The van der Waals surface area contributed by atoms with Crippen molar-refractivity contribution in [2.24, 2.45) is 0 Å². The van der Waals surface area contributed by atoms with E-state index in [0.29, 0.717) is 10.8 Å². The van der Waals surface area contributed by atoms with E-state index in [4.69, 9.17) is 0 Å². The molecule has 0 amide bonds. The van der Waals surface area contributed by atoms with Gasteiger partial charge in [-0.2, -0.15) is 8.61 Å². The van der Waals surface area contributed by atoms with Gasteiger partial charge in [0.1, 0.15) is 9.79 Å². The zero-order valence-corrected chi connectivity index (χ0v) is 25.0. The van der Waals surface area contributed by atoms with Crippen molar-refractivity contribution in [3.05, 3.63) is 73.1 Å². The Labute approximate surface area is 242 Å². The van der Waals surface area contributed by atoms with Crippen molar-refractivity contribution in [3.8, 4) is 0 Å². The fourth-order valence-electron chi connectivity index (χ4n) is 6.59. The Hall–Kier alpha value is -3.02. The topological polar surface area (TPSA) is 169 Å². The molecule has 3 aliphatic rings. The van der Waals surface area contributed by atoms with Crippen molar-refractivity contribution >= 4 is 61.5 Å². The monoisotopic (exact) mass is 648 g/mol. The van der Waals surface area contributed by atoms with Crippen molar-refractivity contribution in [2.75, 3.05) is 23.0 Å². The van der Waals surface area contributed by atoms with Gasteiger partial charge in [0.15, 0.2) is 19.7 Å². The zero-order valence-electron chi connectivity index (χ0n) is 21.8. The van der Waals surface area contributed by atoms with Gasteiger partial charge in [-0.05, 0) is 24.3 Å². The van der Waals surface area contributed by atoms with E-state index in [-0.39, 0.29) is 20.8 Å². The number of piperazine rings is 1. The molecule has 12 nitrogen and oxygen atoms in total.